The molecule has 4 unspecified atom stereocenters. The second kappa shape index (κ2) is 9.73. The van der Waals surface area contributed by atoms with Gasteiger partial charge in [0.25, 0.3) is 0 Å². The summed E-state index contributed by atoms with van der Waals surface area (Å²) in [5, 5.41) is 0. The first-order valence-electron chi connectivity index (χ1n) is 11.7. The van der Waals surface area contributed by atoms with Gasteiger partial charge in [-0.2, -0.15) is 0 Å². The number of nitrogens with zero attached hydrogens (tertiary/aromatic N) is 1. The number of hydrogen-bond acceptors (Lipinski definition) is 2. The standard InChI is InChI=1S/C24H43NO/c1-5-6-7-10-17-26-22-15-13-21(14-16-22)20(4)25-19(3)18(2)23-11-8-9-12-24(23)25/h19-24H,2,5-17H2,1,3-4H3. The van der Waals surface area contributed by atoms with Crippen molar-refractivity contribution in [3.05, 3.63) is 12.2 Å². The first-order chi connectivity index (χ1) is 12.6. The third-order valence-electron chi connectivity index (χ3n) is 7.80. The maximum Gasteiger partial charge on any atom is 0.0575 e. The molecule has 2 saturated carbocycles. The van der Waals surface area contributed by atoms with E-state index in [1.807, 2.05) is 0 Å². The van der Waals surface area contributed by atoms with Gasteiger partial charge in [-0.15, -0.1) is 0 Å². The Morgan fingerprint density at radius 2 is 1.77 bits per heavy atom. The largest absolute Gasteiger partial charge is 0.378 e. The summed E-state index contributed by atoms with van der Waals surface area (Å²) in [5.74, 6) is 1.63. The predicted octanol–water partition coefficient (Wildman–Crippen LogP) is 6.35. The van der Waals surface area contributed by atoms with Gasteiger partial charge in [-0.25, -0.2) is 0 Å². The minimum Gasteiger partial charge on any atom is -0.378 e. The van der Waals surface area contributed by atoms with Crippen molar-refractivity contribution in [2.24, 2.45) is 11.8 Å². The Bertz CT molecular complexity index is 439. The van der Waals surface area contributed by atoms with E-state index >= 15 is 0 Å². The van der Waals surface area contributed by atoms with Gasteiger partial charge in [0.15, 0.2) is 0 Å². The molecule has 150 valence electrons. The van der Waals surface area contributed by atoms with Gasteiger partial charge < -0.3 is 4.74 Å². The molecule has 4 atom stereocenters. The topological polar surface area (TPSA) is 12.5 Å². The first-order valence-corrected chi connectivity index (χ1v) is 11.7. The Balaban J connectivity index is 1.46. The molecule has 2 nitrogen and oxygen atoms in total. The Kier molecular flexibility index (Phi) is 7.64. The van der Waals surface area contributed by atoms with Crippen LogP contribution in [0, 0.1) is 11.8 Å². The van der Waals surface area contributed by atoms with Crippen molar-refractivity contribution >= 4 is 0 Å². The molecule has 1 heterocycles. The molecule has 0 spiro atoms. The smallest absolute Gasteiger partial charge is 0.0575 e. The lowest BCUT2D eigenvalue weighted by atomic mass is 9.80. The number of ether oxygens (including phenoxy) is 1. The van der Waals surface area contributed by atoms with Crippen LogP contribution in [-0.2, 0) is 4.74 Å². The predicted molar refractivity (Wildman–Crippen MR) is 111 cm³/mol. The van der Waals surface area contributed by atoms with E-state index in [0.29, 0.717) is 18.2 Å². The van der Waals surface area contributed by atoms with Crippen LogP contribution < -0.4 is 0 Å². The van der Waals surface area contributed by atoms with Crippen molar-refractivity contribution in [2.45, 2.75) is 122 Å². The van der Waals surface area contributed by atoms with Gasteiger partial charge in [-0.05, 0) is 70.6 Å². The monoisotopic (exact) mass is 361 g/mol. The maximum atomic E-state index is 6.18. The highest BCUT2D eigenvalue weighted by atomic mass is 16.5. The van der Waals surface area contributed by atoms with Crippen LogP contribution >= 0.6 is 0 Å². The molecule has 3 fully saturated rings. The number of fused-ring (bicyclic) bond motifs is 1. The van der Waals surface area contributed by atoms with Gasteiger partial charge >= 0.3 is 0 Å². The summed E-state index contributed by atoms with van der Waals surface area (Å²) < 4.78 is 6.18. The first kappa shape index (κ1) is 20.4. The molecule has 1 aliphatic heterocycles. The molecule has 2 heteroatoms. The van der Waals surface area contributed by atoms with E-state index in [9.17, 15) is 0 Å². The van der Waals surface area contributed by atoms with E-state index in [-0.39, 0.29) is 0 Å². The van der Waals surface area contributed by atoms with Crippen LogP contribution in [0.4, 0.5) is 0 Å². The van der Waals surface area contributed by atoms with Crippen molar-refractivity contribution in [2.75, 3.05) is 6.61 Å². The second-order valence-corrected chi connectivity index (χ2v) is 9.37. The molecule has 2 aliphatic carbocycles. The molecular weight excluding hydrogens is 318 g/mol. The fourth-order valence-corrected chi connectivity index (χ4v) is 6.10. The molecular formula is C24H43NO. The zero-order valence-corrected chi connectivity index (χ0v) is 17.7. The Hall–Kier alpha value is -0.340. The van der Waals surface area contributed by atoms with Crippen molar-refractivity contribution < 1.29 is 4.74 Å². The summed E-state index contributed by atoms with van der Waals surface area (Å²) in [7, 11) is 0. The van der Waals surface area contributed by atoms with E-state index in [0.717, 1.165) is 24.5 Å². The zero-order chi connectivity index (χ0) is 18.5. The van der Waals surface area contributed by atoms with Crippen LogP contribution in [0.1, 0.15) is 97.8 Å². The minimum absolute atomic E-state index is 0.536. The summed E-state index contributed by atoms with van der Waals surface area (Å²) >= 11 is 0. The summed E-state index contributed by atoms with van der Waals surface area (Å²) in [6.07, 6.45) is 16.7. The molecule has 1 saturated heterocycles. The van der Waals surface area contributed by atoms with Crippen LogP contribution in [-0.4, -0.2) is 35.7 Å². The number of likely N-dealkylation sites (tertiary alicyclic amines) is 1. The van der Waals surface area contributed by atoms with Crippen molar-refractivity contribution in [1.29, 1.82) is 0 Å². The molecule has 0 aromatic heterocycles. The van der Waals surface area contributed by atoms with Crippen LogP contribution in [0.3, 0.4) is 0 Å². The zero-order valence-electron chi connectivity index (χ0n) is 17.7. The highest BCUT2D eigenvalue weighted by molar-refractivity contribution is 5.21. The minimum atomic E-state index is 0.536. The van der Waals surface area contributed by atoms with Gasteiger partial charge in [-0.1, -0.05) is 51.2 Å². The molecule has 26 heavy (non-hydrogen) atoms. The third-order valence-corrected chi connectivity index (χ3v) is 7.80. The summed E-state index contributed by atoms with van der Waals surface area (Å²) in [4.78, 5) is 2.88. The average Bonchev–Trinajstić information content (AvgIpc) is 2.92. The van der Waals surface area contributed by atoms with Crippen LogP contribution in [0.25, 0.3) is 0 Å². The van der Waals surface area contributed by atoms with Gasteiger partial charge in [0, 0.05) is 24.7 Å². The van der Waals surface area contributed by atoms with Gasteiger partial charge in [-0.3, -0.25) is 4.90 Å². The SMILES string of the molecule is C=C1C2CCCCC2N(C(C)C2CCC(OCCCCCC)CC2)C1C. The highest BCUT2D eigenvalue weighted by Gasteiger charge is 2.46. The Morgan fingerprint density at radius 3 is 2.50 bits per heavy atom. The molecule has 3 aliphatic rings. The number of unbranched alkanes of at least 4 members (excludes halogenated alkanes) is 3. The molecule has 0 aromatic carbocycles. The lowest BCUT2D eigenvalue weighted by Crippen LogP contribution is -2.48. The Morgan fingerprint density at radius 1 is 1.04 bits per heavy atom. The van der Waals surface area contributed by atoms with Crippen molar-refractivity contribution in [3.8, 4) is 0 Å². The van der Waals surface area contributed by atoms with Crippen molar-refractivity contribution in [1.82, 2.24) is 4.90 Å². The Labute approximate surface area is 162 Å². The average molecular weight is 362 g/mol. The summed E-state index contributed by atoms with van der Waals surface area (Å²) in [6, 6.07) is 2.08. The van der Waals surface area contributed by atoms with Crippen molar-refractivity contribution in [3.63, 3.8) is 0 Å². The molecule has 0 bridgehead atoms. The fourth-order valence-electron chi connectivity index (χ4n) is 6.10. The lowest BCUT2D eigenvalue weighted by Gasteiger charge is -2.42. The number of rotatable bonds is 8. The van der Waals surface area contributed by atoms with E-state index in [4.69, 9.17) is 4.74 Å². The van der Waals surface area contributed by atoms with E-state index in [1.54, 1.807) is 0 Å². The van der Waals surface area contributed by atoms with E-state index < -0.39 is 0 Å². The normalized spacial score (nSPS) is 36.9. The van der Waals surface area contributed by atoms with Gasteiger partial charge in [0.1, 0.15) is 0 Å². The maximum absolute atomic E-state index is 6.18. The van der Waals surface area contributed by atoms with E-state index in [1.165, 1.54) is 82.6 Å². The third kappa shape index (κ3) is 4.55. The lowest BCUT2D eigenvalue weighted by molar-refractivity contribution is -0.00366. The summed E-state index contributed by atoms with van der Waals surface area (Å²) in [5.41, 5.74) is 1.53. The molecule has 0 radical (unpaired) electrons. The van der Waals surface area contributed by atoms with Crippen LogP contribution in [0.5, 0.6) is 0 Å². The molecule has 3 rings (SSSR count). The fraction of sp³-hybridized carbons (Fsp3) is 0.917. The van der Waals surface area contributed by atoms with Crippen LogP contribution in [0.15, 0.2) is 12.2 Å². The quantitative estimate of drug-likeness (QED) is 0.369. The second-order valence-electron chi connectivity index (χ2n) is 9.37. The highest BCUT2D eigenvalue weighted by Crippen LogP contribution is 2.45. The van der Waals surface area contributed by atoms with Gasteiger partial charge in [0.2, 0.25) is 0 Å². The van der Waals surface area contributed by atoms with Crippen LogP contribution in [0.2, 0.25) is 0 Å². The molecule has 0 aromatic rings. The molecule has 0 amide bonds. The summed E-state index contributed by atoms with van der Waals surface area (Å²) in [6.45, 7) is 12.7. The number of hydrogen-bond donors (Lipinski definition) is 0. The van der Waals surface area contributed by atoms with E-state index in [2.05, 4.69) is 32.3 Å². The molecule has 0 N–H and O–H groups in total. The van der Waals surface area contributed by atoms with Gasteiger partial charge in [0.05, 0.1) is 6.10 Å².